The summed E-state index contributed by atoms with van der Waals surface area (Å²) in [7, 11) is 0. The number of carbonyl (C=O) groups is 1. The monoisotopic (exact) mass is 468 g/mol. The number of anilines is 2. The highest BCUT2D eigenvalue weighted by molar-refractivity contribution is 6.11. The van der Waals surface area contributed by atoms with Gasteiger partial charge in [-0.2, -0.15) is 0 Å². The van der Waals surface area contributed by atoms with E-state index in [1.54, 1.807) is 18.3 Å². The van der Waals surface area contributed by atoms with Crippen LogP contribution in [0.25, 0.3) is 12.2 Å². The third kappa shape index (κ3) is 5.30. The third-order valence-electron chi connectivity index (χ3n) is 6.44. The summed E-state index contributed by atoms with van der Waals surface area (Å²) in [4.78, 5) is 24.7. The van der Waals surface area contributed by atoms with Crippen molar-refractivity contribution < 1.29 is 10.5 Å². The van der Waals surface area contributed by atoms with E-state index in [4.69, 9.17) is 10.7 Å². The molecule has 0 aliphatic carbocycles. The van der Waals surface area contributed by atoms with Crippen molar-refractivity contribution in [2.75, 3.05) is 23.7 Å². The average Bonchev–Trinajstić information content (AvgIpc) is 2.93. The second-order valence-electron chi connectivity index (χ2n) is 8.85. The molecular weight excluding hydrogens is 432 g/mol. The molecule has 1 saturated heterocycles. The molecule has 2 aromatic heterocycles. The molecule has 0 spiro atoms. The first kappa shape index (κ1) is 22.5. The van der Waals surface area contributed by atoms with Gasteiger partial charge in [-0.25, -0.2) is 9.97 Å². The minimum atomic E-state index is -0.219. The summed E-state index contributed by atoms with van der Waals surface area (Å²) < 4.78 is 0. The van der Waals surface area contributed by atoms with Gasteiger partial charge in [-0.1, -0.05) is 78.9 Å². The summed E-state index contributed by atoms with van der Waals surface area (Å²) in [6, 6.07) is 28.0. The second-order valence-corrected chi connectivity index (χ2v) is 8.85. The highest BCUT2D eigenvalue weighted by Crippen LogP contribution is 2.29. The van der Waals surface area contributed by atoms with Gasteiger partial charge in [0.05, 0.1) is 5.56 Å². The molecule has 1 atom stereocenters. The lowest BCUT2D eigenvalue weighted by Gasteiger charge is -2.34. The zero-order valence-electron chi connectivity index (χ0n) is 19.5. The minimum absolute atomic E-state index is 0. The van der Waals surface area contributed by atoms with E-state index in [9.17, 15) is 4.79 Å². The molecule has 2 aromatic carbocycles. The Morgan fingerprint density at radius 2 is 1.69 bits per heavy atom. The quantitative estimate of drug-likeness (QED) is 0.314. The molecule has 5 heteroatoms. The van der Waals surface area contributed by atoms with Crippen LogP contribution in [0.15, 0.2) is 91.1 Å². The van der Waals surface area contributed by atoms with Crippen molar-refractivity contribution in [2.24, 2.45) is 0 Å². The van der Waals surface area contributed by atoms with Crippen LogP contribution in [0.1, 0.15) is 57.2 Å². The van der Waals surface area contributed by atoms with Gasteiger partial charge in [0.2, 0.25) is 5.78 Å². The Hall–Kier alpha value is -4.25. The lowest BCUT2D eigenvalue weighted by molar-refractivity contribution is 0.103. The van der Waals surface area contributed by atoms with Gasteiger partial charge in [-0.15, -0.1) is 0 Å². The van der Waals surface area contributed by atoms with E-state index in [2.05, 4.69) is 34.1 Å². The van der Waals surface area contributed by atoms with E-state index in [0.29, 0.717) is 17.2 Å². The van der Waals surface area contributed by atoms with Crippen molar-refractivity contribution in [1.82, 2.24) is 9.97 Å². The van der Waals surface area contributed by atoms with Crippen LogP contribution < -0.4 is 10.6 Å². The SMILES string of the molecule is Nc1ncc(/C=C/c2ccccc2)cc1C(=O)c1cccc(N2CCCC(c3ccccc3)C2)n1.[HH].[HH].[HH].[HH]. The summed E-state index contributed by atoms with van der Waals surface area (Å²) in [5.74, 6) is 1.27. The predicted molar refractivity (Wildman–Crippen MR) is 151 cm³/mol. The number of benzene rings is 2. The fourth-order valence-electron chi connectivity index (χ4n) is 4.57. The molecule has 2 N–H and O–H groups in total. The molecule has 1 fully saturated rings. The standard InChI is InChI=1S/C30H28N4O.4H2/c31-30-26(19-23(20-32-30)17-16-22-9-3-1-4-10-22)29(35)27-14-7-15-28(33-27)34-18-8-13-25(21-34)24-11-5-2-6-12-24;;;;/h1-7,9-12,14-17,19-20,25H,8,13,18,21H2,(H2,31,32);4*1H/b17-16+;;;;. The molecule has 0 bridgehead atoms. The number of hydrogen-bond acceptors (Lipinski definition) is 5. The number of nitrogens with zero attached hydrogens (tertiary/aromatic N) is 3. The van der Waals surface area contributed by atoms with E-state index < -0.39 is 0 Å². The highest BCUT2D eigenvalue weighted by Gasteiger charge is 2.23. The molecule has 0 saturated carbocycles. The van der Waals surface area contributed by atoms with Gasteiger partial charge in [-0.05, 0) is 47.7 Å². The summed E-state index contributed by atoms with van der Waals surface area (Å²) >= 11 is 0. The van der Waals surface area contributed by atoms with Crippen LogP contribution in [0.5, 0.6) is 0 Å². The Morgan fingerprint density at radius 3 is 2.49 bits per heavy atom. The van der Waals surface area contributed by atoms with Crippen molar-refractivity contribution in [2.45, 2.75) is 18.8 Å². The largest absolute Gasteiger partial charge is 0.383 e. The van der Waals surface area contributed by atoms with E-state index in [-0.39, 0.29) is 17.3 Å². The molecule has 182 valence electrons. The van der Waals surface area contributed by atoms with Crippen LogP contribution in [-0.4, -0.2) is 28.8 Å². The molecule has 0 radical (unpaired) electrons. The normalized spacial score (nSPS) is 15.9. The summed E-state index contributed by atoms with van der Waals surface area (Å²) in [6.07, 6.45) is 7.84. The molecule has 5 rings (SSSR count). The van der Waals surface area contributed by atoms with Gasteiger partial charge >= 0.3 is 0 Å². The van der Waals surface area contributed by atoms with Crippen molar-refractivity contribution >= 4 is 29.6 Å². The van der Waals surface area contributed by atoms with Gasteiger partial charge in [-0.3, -0.25) is 4.79 Å². The maximum Gasteiger partial charge on any atom is 0.215 e. The van der Waals surface area contributed by atoms with Crippen LogP contribution in [0.4, 0.5) is 11.6 Å². The van der Waals surface area contributed by atoms with Gasteiger partial charge in [0.1, 0.15) is 17.3 Å². The topological polar surface area (TPSA) is 72.1 Å². The van der Waals surface area contributed by atoms with E-state index in [1.165, 1.54) is 5.56 Å². The molecule has 1 unspecified atom stereocenters. The van der Waals surface area contributed by atoms with Crippen LogP contribution in [0, 0.1) is 0 Å². The molecule has 1 aliphatic heterocycles. The van der Waals surface area contributed by atoms with E-state index in [0.717, 1.165) is 42.9 Å². The third-order valence-corrected chi connectivity index (χ3v) is 6.44. The van der Waals surface area contributed by atoms with Crippen molar-refractivity contribution in [3.63, 3.8) is 0 Å². The summed E-state index contributed by atoms with van der Waals surface area (Å²) in [5, 5.41) is 0. The molecule has 35 heavy (non-hydrogen) atoms. The Balaban J connectivity index is 0.00000190. The lowest BCUT2D eigenvalue weighted by Crippen LogP contribution is -2.35. The molecule has 1 aliphatic rings. The number of nitrogen functional groups attached to an aromatic ring is 1. The molecule has 5 nitrogen and oxygen atoms in total. The second kappa shape index (κ2) is 10.3. The fourth-order valence-corrected chi connectivity index (χ4v) is 4.57. The van der Waals surface area contributed by atoms with E-state index >= 15 is 0 Å². The Kier molecular flexibility index (Phi) is 6.66. The van der Waals surface area contributed by atoms with Crippen LogP contribution in [0.2, 0.25) is 0 Å². The van der Waals surface area contributed by atoms with Crippen LogP contribution >= 0.6 is 0 Å². The number of ketones is 1. The minimum Gasteiger partial charge on any atom is -0.383 e. The zero-order chi connectivity index (χ0) is 24.0. The summed E-state index contributed by atoms with van der Waals surface area (Å²) in [5.41, 5.74) is 10.1. The van der Waals surface area contributed by atoms with Crippen LogP contribution in [0.3, 0.4) is 0 Å². The predicted octanol–water partition coefficient (Wildman–Crippen LogP) is 6.83. The van der Waals surface area contributed by atoms with E-state index in [1.807, 2.05) is 60.7 Å². The number of pyridine rings is 2. The lowest BCUT2D eigenvalue weighted by atomic mass is 9.90. The van der Waals surface area contributed by atoms with Crippen LogP contribution in [-0.2, 0) is 0 Å². The van der Waals surface area contributed by atoms with Crippen molar-refractivity contribution in [3.8, 4) is 0 Å². The smallest absolute Gasteiger partial charge is 0.215 e. The average molecular weight is 469 g/mol. The zero-order valence-corrected chi connectivity index (χ0v) is 19.5. The maximum atomic E-state index is 13.4. The molecular formula is C30H36N4O. The molecule has 3 heterocycles. The van der Waals surface area contributed by atoms with Crippen molar-refractivity contribution in [3.05, 3.63) is 119 Å². The fraction of sp³-hybridized carbons (Fsp3) is 0.167. The first-order valence-electron chi connectivity index (χ1n) is 12.0. The Bertz CT molecular complexity index is 1350. The number of nitrogens with two attached hydrogens (primary N) is 1. The van der Waals surface area contributed by atoms with Crippen molar-refractivity contribution in [1.29, 1.82) is 0 Å². The van der Waals surface area contributed by atoms with Gasteiger partial charge in [0, 0.05) is 30.9 Å². The number of aromatic nitrogens is 2. The number of rotatable bonds is 6. The number of carbonyl (C=O) groups excluding carboxylic acids is 1. The summed E-state index contributed by atoms with van der Waals surface area (Å²) in [6.45, 7) is 1.82. The maximum absolute atomic E-state index is 13.4. The number of hydrogen-bond donors (Lipinski definition) is 1. The van der Waals surface area contributed by atoms with Gasteiger partial charge < -0.3 is 10.6 Å². The Morgan fingerprint density at radius 1 is 0.943 bits per heavy atom. The first-order valence-corrected chi connectivity index (χ1v) is 12.0. The number of piperidine rings is 1. The molecule has 0 amide bonds. The first-order chi connectivity index (χ1) is 17.2. The Labute approximate surface area is 211 Å². The van der Waals surface area contributed by atoms with Gasteiger partial charge in [0.15, 0.2) is 0 Å². The highest BCUT2D eigenvalue weighted by atomic mass is 16.1. The van der Waals surface area contributed by atoms with Gasteiger partial charge in [0.25, 0.3) is 0 Å². The molecule has 4 aromatic rings.